The van der Waals surface area contributed by atoms with Gasteiger partial charge in [-0.3, -0.25) is 4.79 Å². The van der Waals surface area contributed by atoms with Crippen LogP contribution in [0.4, 0.5) is 0 Å². The van der Waals surface area contributed by atoms with Crippen LogP contribution in [0.2, 0.25) is 5.02 Å². The summed E-state index contributed by atoms with van der Waals surface area (Å²) in [5, 5.41) is 5.49. The maximum Gasteiger partial charge on any atom is 0.227 e. The summed E-state index contributed by atoms with van der Waals surface area (Å²) in [7, 11) is 0. The standard InChI is InChI=1S/C27H30ClN3O2/c1-19-25(18-30(17-20-11-12-20)26(32)21-7-5-6-8-21)27(33-24-15-13-22(28)14-16-24)31(29-19)23-9-3-2-4-10-23/h2-4,9-10,13-16,20-21H,5-8,11-12,17-18H2,1H3. The first-order valence-corrected chi connectivity index (χ1v) is 12.3. The molecule has 2 aliphatic carbocycles. The molecule has 0 spiro atoms. The van der Waals surface area contributed by atoms with Crippen LogP contribution in [0.15, 0.2) is 54.6 Å². The molecule has 0 aliphatic heterocycles. The Hall–Kier alpha value is -2.79. The molecular formula is C27H30ClN3O2. The van der Waals surface area contributed by atoms with Crippen LogP contribution in [0.5, 0.6) is 11.6 Å². The molecule has 5 rings (SSSR count). The molecule has 0 N–H and O–H groups in total. The molecule has 1 heterocycles. The summed E-state index contributed by atoms with van der Waals surface area (Å²) in [6, 6.07) is 17.3. The first-order valence-electron chi connectivity index (χ1n) is 11.9. The van der Waals surface area contributed by atoms with Gasteiger partial charge in [0.25, 0.3) is 0 Å². The lowest BCUT2D eigenvalue weighted by atomic mass is 10.1. The summed E-state index contributed by atoms with van der Waals surface area (Å²) >= 11 is 6.08. The van der Waals surface area contributed by atoms with Gasteiger partial charge in [0.2, 0.25) is 11.8 Å². The minimum absolute atomic E-state index is 0.161. The topological polar surface area (TPSA) is 47.4 Å². The van der Waals surface area contributed by atoms with E-state index in [0.29, 0.717) is 35.0 Å². The van der Waals surface area contributed by atoms with Gasteiger partial charge in [0.1, 0.15) is 5.75 Å². The van der Waals surface area contributed by atoms with Crippen LogP contribution >= 0.6 is 11.6 Å². The molecule has 0 unspecified atom stereocenters. The Morgan fingerprint density at radius 3 is 2.42 bits per heavy atom. The third kappa shape index (κ3) is 5.09. The number of carbonyl (C=O) groups excluding carboxylic acids is 1. The van der Waals surface area contributed by atoms with E-state index in [1.165, 1.54) is 12.8 Å². The minimum Gasteiger partial charge on any atom is -0.439 e. The zero-order valence-corrected chi connectivity index (χ0v) is 19.8. The Kier molecular flexibility index (Phi) is 6.41. The fourth-order valence-electron chi connectivity index (χ4n) is 4.65. The number of aromatic nitrogens is 2. The highest BCUT2D eigenvalue weighted by atomic mass is 35.5. The second kappa shape index (κ2) is 9.60. The van der Waals surface area contributed by atoms with Crippen LogP contribution in [0, 0.1) is 18.8 Å². The molecule has 2 aromatic carbocycles. The van der Waals surface area contributed by atoms with Crippen molar-refractivity contribution >= 4 is 17.5 Å². The van der Waals surface area contributed by atoms with E-state index >= 15 is 0 Å². The number of ether oxygens (including phenoxy) is 1. The molecular weight excluding hydrogens is 434 g/mol. The maximum atomic E-state index is 13.5. The third-order valence-corrected chi connectivity index (χ3v) is 6.96. The number of amides is 1. The molecule has 5 nitrogen and oxygen atoms in total. The Labute approximate surface area is 200 Å². The number of hydrogen-bond donors (Lipinski definition) is 0. The average Bonchev–Trinajstić information content (AvgIpc) is 3.37. The lowest BCUT2D eigenvalue weighted by Crippen LogP contribution is -2.36. The summed E-state index contributed by atoms with van der Waals surface area (Å²) in [4.78, 5) is 15.5. The lowest BCUT2D eigenvalue weighted by molar-refractivity contribution is -0.136. The van der Waals surface area contributed by atoms with Crippen LogP contribution < -0.4 is 4.74 Å². The molecule has 0 saturated heterocycles. The monoisotopic (exact) mass is 463 g/mol. The number of hydrogen-bond acceptors (Lipinski definition) is 3. The Morgan fingerprint density at radius 2 is 1.76 bits per heavy atom. The lowest BCUT2D eigenvalue weighted by Gasteiger charge is -2.26. The zero-order chi connectivity index (χ0) is 22.8. The molecule has 33 heavy (non-hydrogen) atoms. The van der Waals surface area contributed by atoms with Crippen LogP contribution in [0.1, 0.15) is 49.8 Å². The first-order chi connectivity index (χ1) is 16.1. The van der Waals surface area contributed by atoms with Gasteiger partial charge in [-0.15, -0.1) is 0 Å². The van der Waals surface area contributed by atoms with Gasteiger partial charge in [-0.05, 0) is 74.9 Å². The number of para-hydroxylation sites is 1. The maximum absolute atomic E-state index is 13.5. The Balaban J connectivity index is 1.51. The quantitative estimate of drug-likeness (QED) is 0.380. The van der Waals surface area contributed by atoms with Gasteiger partial charge in [-0.1, -0.05) is 42.6 Å². The summed E-state index contributed by atoms with van der Waals surface area (Å²) in [6.07, 6.45) is 6.76. The van der Waals surface area contributed by atoms with Crippen molar-refractivity contribution in [2.45, 2.75) is 52.0 Å². The average molecular weight is 464 g/mol. The second-order valence-electron chi connectivity index (χ2n) is 9.32. The van der Waals surface area contributed by atoms with Crippen molar-refractivity contribution in [3.05, 3.63) is 70.9 Å². The predicted octanol–water partition coefficient (Wildman–Crippen LogP) is 6.56. The number of benzene rings is 2. The molecule has 0 atom stereocenters. The predicted molar refractivity (Wildman–Crippen MR) is 130 cm³/mol. The van der Waals surface area contributed by atoms with Gasteiger partial charge < -0.3 is 9.64 Å². The summed E-state index contributed by atoms with van der Waals surface area (Å²) in [5.74, 6) is 2.42. The van der Waals surface area contributed by atoms with Gasteiger partial charge >= 0.3 is 0 Å². The van der Waals surface area contributed by atoms with E-state index in [4.69, 9.17) is 21.4 Å². The normalized spacial score (nSPS) is 16.2. The van der Waals surface area contributed by atoms with E-state index in [-0.39, 0.29) is 5.92 Å². The molecule has 1 amide bonds. The van der Waals surface area contributed by atoms with Gasteiger partial charge in [0.05, 0.1) is 23.5 Å². The van der Waals surface area contributed by atoms with Crippen LogP contribution in [0.3, 0.4) is 0 Å². The highest BCUT2D eigenvalue weighted by molar-refractivity contribution is 6.30. The highest BCUT2D eigenvalue weighted by Gasteiger charge is 2.33. The van der Waals surface area contributed by atoms with E-state index in [1.807, 2.05) is 66.2 Å². The van der Waals surface area contributed by atoms with E-state index in [1.54, 1.807) is 0 Å². The van der Waals surface area contributed by atoms with Crippen molar-refractivity contribution in [1.29, 1.82) is 0 Å². The van der Waals surface area contributed by atoms with Crippen molar-refractivity contribution in [2.75, 3.05) is 6.54 Å². The Bertz CT molecular complexity index is 1100. The number of halogens is 1. The zero-order valence-electron chi connectivity index (χ0n) is 19.0. The summed E-state index contributed by atoms with van der Waals surface area (Å²) in [6.45, 7) is 3.35. The number of carbonyl (C=O) groups is 1. The van der Waals surface area contributed by atoms with E-state index < -0.39 is 0 Å². The van der Waals surface area contributed by atoms with Crippen molar-refractivity contribution < 1.29 is 9.53 Å². The van der Waals surface area contributed by atoms with Crippen molar-refractivity contribution in [3.8, 4) is 17.3 Å². The second-order valence-corrected chi connectivity index (χ2v) is 9.75. The third-order valence-electron chi connectivity index (χ3n) is 6.71. The molecule has 0 radical (unpaired) electrons. The minimum atomic E-state index is 0.161. The number of nitrogens with zero attached hydrogens (tertiary/aromatic N) is 3. The largest absolute Gasteiger partial charge is 0.439 e. The summed E-state index contributed by atoms with van der Waals surface area (Å²) < 4.78 is 8.24. The number of rotatable bonds is 8. The van der Waals surface area contributed by atoms with Crippen LogP contribution in [-0.2, 0) is 11.3 Å². The molecule has 2 aliphatic rings. The number of aryl methyl sites for hydroxylation is 1. The fraction of sp³-hybridized carbons (Fsp3) is 0.407. The molecule has 1 aromatic heterocycles. The molecule has 172 valence electrons. The van der Waals surface area contributed by atoms with Gasteiger partial charge in [-0.25, -0.2) is 4.68 Å². The highest BCUT2D eigenvalue weighted by Crippen LogP contribution is 2.36. The van der Waals surface area contributed by atoms with Gasteiger partial charge in [0, 0.05) is 17.5 Å². The Morgan fingerprint density at radius 1 is 1.06 bits per heavy atom. The molecule has 3 aromatic rings. The van der Waals surface area contributed by atoms with Crippen LogP contribution in [-0.4, -0.2) is 27.1 Å². The van der Waals surface area contributed by atoms with E-state index in [0.717, 1.165) is 49.2 Å². The first kappa shape index (κ1) is 22.0. The molecule has 6 heteroatoms. The van der Waals surface area contributed by atoms with Crippen molar-refractivity contribution in [3.63, 3.8) is 0 Å². The van der Waals surface area contributed by atoms with Crippen molar-refractivity contribution in [2.24, 2.45) is 11.8 Å². The van der Waals surface area contributed by atoms with Gasteiger partial charge in [-0.2, -0.15) is 5.10 Å². The van der Waals surface area contributed by atoms with E-state index in [9.17, 15) is 4.79 Å². The van der Waals surface area contributed by atoms with E-state index in [2.05, 4.69) is 4.90 Å². The van der Waals surface area contributed by atoms with Gasteiger partial charge in [0.15, 0.2) is 0 Å². The SMILES string of the molecule is Cc1nn(-c2ccccc2)c(Oc2ccc(Cl)cc2)c1CN(CC1CC1)C(=O)C1CCCC1. The smallest absolute Gasteiger partial charge is 0.227 e. The molecule has 2 saturated carbocycles. The fourth-order valence-corrected chi connectivity index (χ4v) is 4.78. The molecule has 0 bridgehead atoms. The summed E-state index contributed by atoms with van der Waals surface area (Å²) in [5.41, 5.74) is 2.76. The van der Waals surface area contributed by atoms with Crippen LogP contribution in [0.25, 0.3) is 5.69 Å². The van der Waals surface area contributed by atoms with Crippen molar-refractivity contribution in [1.82, 2.24) is 14.7 Å². The molecule has 2 fully saturated rings.